The molecule has 6 nitrogen and oxygen atoms in total. The van der Waals surface area contributed by atoms with E-state index in [2.05, 4.69) is 0 Å². The SMILES string of the molecule is N#Cc1ccc(OS(=O)(=O)c2ccc(C(N)=O)cc2)c(Cl)c1. The van der Waals surface area contributed by atoms with E-state index in [4.69, 9.17) is 26.8 Å². The van der Waals surface area contributed by atoms with E-state index in [-0.39, 0.29) is 26.8 Å². The van der Waals surface area contributed by atoms with Crippen LogP contribution in [0.5, 0.6) is 5.75 Å². The topological polar surface area (TPSA) is 110 Å². The van der Waals surface area contributed by atoms with Gasteiger partial charge in [-0.15, -0.1) is 0 Å². The monoisotopic (exact) mass is 336 g/mol. The van der Waals surface area contributed by atoms with Crippen molar-refractivity contribution in [2.75, 3.05) is 0 Å². The lowest BCUT2D eigenvalue weighted by molar-refractivity contribution is 0.1000. The number of halogens is 1. The van der Waals surface area contributed by atoms with Crippen LogP contribution in [-0.4, -0.2) is 14.3 Å². The maximum atomic E-state index is 12.1. The number of nitriles is 1. The van der Waals surface area contributed by atoms with E-state index in [1.807, 2.05) is 6.07 Å². The third-order valence-electron chi connectivity index (χ3n) is 2.69. The molecule has 0 spiro atoms. The molecule has 2 N–H and O–H groups in total. The number of hydrogen-bond donors (Lipinski definition) is 1. The van der Waals surface area contributed by atoms with Crippen LogP contribution in [0.1, 0.15) is 15.9 Å². The van der Waals surface area contributed by atoms with Gasteiger partial charge in [0.2, 0.25) is 5.91 Å². The predicted octanol–water partition coefficient (Wildman–Crippen LogP) is 2.08. The van der Waals surface area contributed by atoms with Gasteiger partial charge in [-0.05, 0) is 42.5 Å². The lowest BCUT2D eigenvalue weighted by Gasteiger charge is -2.09. The molecule has 0 aromatic heterocycles. The maximum Gasteiger partial charge on any atom is 0.339 e. The van der Waals surface area contributed by atoms with Gasteiger partial charge in [0.1, 0.15) is 4.90 Å². The molecule has 0 aliphatic rings. The summed E-state index contributed by atoms with van der Waals surface area (Å²) in [6, 6.07) is 10.8. The van der Waals surface area contributed by atoms with Crippen molar-refractivity contribution in [1.29, 1.82) is 5.26 Å². The van der Waals surface area contributed by atoms with E-state index in [9.17, 15) is 13.2 Å². The zero-order valence-electron chi connectivity index (χ0n) is 11.0. The number of nitrogens with zero attached hydrogens (tertiary/aromatic N) is 1. The largest absolute Gasteiger partial charge is 0.377 e. The number of carbonyl (C=O) groups excluding carboxylic acids is 1. The van der Waals surface area contributed by atoms with E-state index in [1.165, 1.54) is 42.5 Å². The molecule has 0 aliphatic carbocycles. The highest BCUT2D eigenvalue weighted by Crippen LogP contribution is 2.28. The Balaban J connectivity index is 2.32. The lowest BCUT2D eigenvalue weighted by Crippen LogP contribution is -2.13. The highest BCUT2D eigenvalue weighted by molar-refractivity contribution is 7.87. The van der Waals surface area contributed by atoms with Gasteiger partial charge in [0, 0.05) is 5.56 Å². The van der Waals surface area contributed by atoms with Crippen LogP contribution in [0.15, 0.2) is 47.4 Å². The predicted molar refractivity (Wildman–Crippen MR) is 78.9 cm³/mol. The summed E-state index contributed by atoms with van der Waals surface area (Å²) in [6.07, 6.45) is 0. The zero-order valence-corrected chi connectivity index (χ0v) is 12.6. The Morgan fingerprint density at radius 3 is 2.32 bits per heavy atom. The van der Waals surface area contributed by atoms with E-state index in [1.54, 1.807) is 0 Å². The van der Waals surface area contributed by atoms with Gasteiger partial charge in [0.25, 0.3) is 0 Å². The fourth-order valence-corrected chi connectivity index (χ4v) is 2.80. The molecule has 2 aromatic carbocycles. The van der Waals surface area contributed by atoms with Crippen LogP contribution in [0, 0.1) is 11.3 Å². The third kappa shape index (κ3) is 3.36. The van der Waals surface area contributed by atoms with Gasteiger partial charge in [-0.2, -0.15) is 13.7 Å². The normalized spacial score (nSPS) is 10.7. The fourth-order valence-electron chi connectivity index (χ4n) is 1.59. The molecule has 112 valence electrons. The minimum Gasteiger partial charge on any atom is -0.377 e. The van der Waals surface area contributed by atoms with Crippen LogP contribution < -0.4 is 9.92 Å². The van der Waals surface area contributed by atoms with Crippen molar-refractivity contribution in [3.63, 3.8) is 0 Å². The second-order valence-corrected chi connectivity index (χ2v) is 6.14. The minimum absolute atomic E-state index is 0.00335. The van der Waals surface area contributed by atoms with Gasteiger partial charge < -0.3 is 9.92 Å². The molecule has 0 bridgehead atoms. The average Bonchev–Trinajstić information content (AvgIpc) is 2.49. The summed E-state index contributed by atoms with van der Waals surface area (Å²) in [5.74, 6) is -0.764. The molecule has 0 aliphatic heterocycles. The number of hydrogen-bond acceptors (Lipinski definition) is 5. The highest BCUT2D eigenvalue weighted by Gasteiger charge is 2.18. The van der Waals surface area contributed by atoms with Gasteiger partial charge in [-0.25, -0.2) is 0 Å². The first-order valence-corrected chi connectivity index (χ1v) is 7.66. The summed E-state index contributed by atoms with van der Waals surface area (Å²) >= 11 is 5.87. The van der Waals surface area contributed by atoms with E-state index in [0.717, 1.165) is 0 Å². The number of amides is 1. The Kier molecular flexibility index (Phi) is 4.35. The molecule has 0 atom stereocenters. The summed E-state index contributed by atoms with van der Waals surface area (Å²) in [5, 5.41) is 8.73. The molecule has 2 aromatic rings. The zero-order chi connectivity index (χ0) is 16.3. The van der Waals surface area contributed by atoms with Crippen molar-refractivity contribution in [2.24, 2.45) is 5.73 Å². The molecular weight excluding hydrogens is 328 g/mol. The first-order valence-electron chi connectivity index (χ1n) is 5.87. The van der Waals surface area contributed by atoms with Crippen LogP contribution in [0.4, 0.5) is 0 Å². The third-order valence-corrected chi connectivity index (χ3v) is 4.23. The molecule has 0 radical (unpaired) electrons. The summed E-state index contributed by atoms with van der Waals surface area (Å²) in [5.41, 5.74) is 5.53. The van der Waals surface area contributed by atoms with Gasteiger partial charge in [-0.1, -0.05) is 11.6 Å². The number of nitrogens with two attached hydrogens (primary N) is 1. The molecule has 0 saturated carbocycles. The van der Waals surface area contributed by atoms with Crippen LogP contribution >= 0.6 is 11.6 Å². The number of primary amides is 1. The fraction of sp³-hybridized carbons (Fsp3) is 0. The highest BCUT2D eigenvalue weighted by atomic mass is 35.5. The molecule has 8 heteroatoms. The van der Waals surface area contributed by atoms with Crippen LogP contribution in [0.2, 0.25) is 5.02 Å². The quantitative estimate of drug-likeness (QED) is 0.859. The van der Waals surface area contributed by atoms with Gasteiger partial charge in [0.15, 0.2) is 5.75 Å². The van der Waals surface area contributed by atoms with Gasteiger partial charge in [0.05, 0.1) is 16.7 Å². The van der Waals surface area contributed by atoms with Crippen molar-refractivity contribution in [3.05, 3.63) is 58.6 Å². The second-order valence-electron chi connectivity index (χ2n) is 4.18. The number of benzene rings is 2. The van der Waals surface area contributed by atoms with Crippen molar-refractivity contribution in [1.82, 2.24) is 0 Å². The molecule has 22 heavy (non-hydrogen) atoms. The second kappa shape index (κ2) is 6.05. The molecule has 2 rings (SSSR count). The van der Waals surface area contributed by atoms with E-state index < -0.39 is 16.0 Å². The maximum absolute atomic E-state index is 12.1. The van der Waals surface area contributed by atoms with Crippen LogP contribution in [0.25, 0.3) is 0 Å². The Labute approximate surface area is 131 Å². The minimum atomic E-state index is -4.12. The van der Waals surface area contributed by atoms with Crippen molar-refractivity contribution >= 4 is 27.6 Å². The van der Waals surface area contributed by atoms with Crippen molar-refractivity contribution in [3.8, 4) is 11.8 Å². The first-order chi connectivity index (χ1) is 10.3. The van der Waals surface area contributed by atoms with Crippen LogP contribution in [-0.2, 0) is 10.1 Å². The van der Waals surface area contributed by atoms with Gasteiger partial charge >= 0.3 is 10.1 Å². The molecule has 0 fully saturated rings. The Hall–Kier alpha value is -2.56. The summed E-state index contributed by atoms with van der Waals surface area (Å²) < 4.78 is 29.2. The van der Waals surface area contributed by atoms with Crippen molar-refractivity contribution in [2.45, 2.75) is 4.90 Å². The lowest BCUT2D eigenvalue weighted by atomic mass is 10.2. The van der Waals surface area contributed by atoms with E-state index in [0.29, 0.717) is 0 Å². The molecule has 1 amide bonds. The molecule has 0 heterocycles. The number of rotatable bonds is 4. The molecular formula is C14H9ClN2O4S. The molecule has 0 saturated heterocycles. The number of carbonyl (C=O) groups is 1. The summed E-state index contributed by atoms with van der Waals surface area (Å²) in [4.78, 5) is 10.8. The Bertz CT molecular complexity index is 871. The Morgan fingerprint density at radius 2 is 1.82 bits per heavy atom. The van der Waals surface area contributed by atoms with Crippen molar-refractivity contribution < 1.29 is 17.4 Å². The summed E-state index contributed by atoms with van der Waals surface area (Å²) in [7, 11) is -4.12. The Morgan fingerprint density at radius 1 is 1.18 bits per heavy atom. The first kappa shape index (κ1) is 15.8. The smallest absolute Gasteiger partial charge is 0.339 e. The molecule has 0 unspecified atom stereocenters. The summed E-state index contributed by atoms with van der Waals surface area (Å²) in [6.45, 7) is 0. The van der Waals surface area contributed by atoms with Gasteiger partial charge in [-0.3, -0.25) is 4.79 Å². The van der Waals surface area contributed by atoms with Crippen LogP contribution in [0.3, 0.4) is 0 Å². The standard InChI is InChI=1S/C14H9ClN2O4S/c15-12-7-9(8-16)1-6-13(12)21-22(19,20)11-4-2-10(3-5-11)14(17)18/h1-7H,(H2,17,18). The average molecular weight is 337 g/mol. The van der Waals surface area contributed by atoms with E-state index >= 15 is 0 Å².